The molecule has 0 bridgehead atoms. The van der Waals surface area contributed by atoms with Crippen LogP contribution in [-0.4, -0.2) is 24.3 Å². The number of ether oxygens (including phenoxy) is 2. The Balaban J connectivity index is 2.23. The summed E-state index contributed by atoms with van der Waals surface area (Å²) in [6.07, 6.45) is 2.84. The second-order valence-corrected chi connectivity index (χ2v) is 4.71. The number of aliphatic carboxylic acids is 1. The first-order chi connectivity index (χ1) is 8.61. The topological polar surface area (TPSA) is 55.8 Å². The van der Waals surface area contributed by atoms with Gasteiger partial charge < -0.3 is 14.6 Å². The van der Waals surface area contributed by atoms with Crippen molar-refractivity contribution < 1.29 is 19.4 Å². The van der Waals surface area contributed by atoms with Crippen LogP contribution in [0.25, 0.3) is 0 Å². The van der Waals surface area contributed by atoms with E-state index in [1.807, 2.05) is 18.2 Å². The number of benzene rings is 1. The van der Waals surface area contributed by atoms with E-state index in [2.05, 4.69) is 0 Å². The minimum atomic E-state index is -0.796. The molecular weight excluding hydrogens is 232 g/mol. The molecule has 0 heterocycles. The first-order valence-corrected chi connectivity index (χ1v) is 6.17. The summed E-state index contributed by atoms with van der Waals surface area (Å²) < 4.78 is 11.1. The van der Waals surface area contributed by atoms with Crippen LogP contribution in [0.15, 0.2) is 18.2 Å². The minimum Gasteiger partial charge on any atom is -0.493 e. The Bertz CT molecular complexity index is 437. The summed E-state index contributed by atoms with van der Waals surface area (Å²) in [5, 5.41) is 8.98. The van der Waals surface area contributed by atoms with Crippen molar-refractivity contribution in [1.82, 2.24) is 0 Å². The highest BCUT2D eigenvalue weighted by Gasteiger charge is 2.27. The van der Waals surface area contributed by atoms with Gasteiger partial charge >= 0.3 is 5.97 Å². The van der Waals surface area contributed by atoms with Gasteiger partial charge in [0.2, 0.25) is 0 Å². The molecule has 4 nitrogen and oxygen atoms in total. The molecular formula is C14H18O4. The molecule has 4 heteroatoms. The van der Waals surface area contributed by atoms with Gasteiger partial charge in [0.05, 0.1) is 19.1 Å². The third kappa shape index (κ3) is 2.94. The Morgan fingerprint density at radius 2 is 2.22 bits per heavy atom. The molecule has 1 aliphatic carbocycles. The number of hydrogen-bond acceptors (Lipinski definition) is 3. The maximum Gasteiger partial charge on any atom is 0.306 e. The van der Waals surface area contributed by atoms with Gasteiger partial charge in [0, 0.05) is 0 Å². The summed E-state index contributed by atoms with van der Waals surface area (Å²) in [4.78, 5) is 10.9. The second-order valence-electron chi connectivity index (χ2n) is 4.71. The molecule has 0 amide bonds. The lowest BCUT2D eigenvalue weighted by molar-refractivity contribution is -0.141. The molecule has 1 atom stereocenters. The van der Waals surface area contributed by atoms with Crippen molar-refractivity contribution in [2.45, 2.75) is 32.3 Å². The monoisotopic (exact) mass is 250 g/mol. The van der Waals surface area contributed by atoms with Gasteiger partial charge in [-0.25, -0.2) is 0 Å². The number of para-hydroxylation sites is 1. The fraction of sp³-hybridized carbons (Fsp3) is 0.500. The van der Waals surface area contributed by atoms with Crippen molar-refractivity contribution in [2.24, 2.45) is 5.92 Å². The van der Waals surface area contributed by atoms with Gasteiger partial charge in [0.15, 0.2) is 11.5 Å². The highest BCUT2D eigenvalue weighted by molar-refractivity contribution is 5.70. The van der Waals surface area contributed by atoms with Crippen LogP contribution in [0.5, 0.6) is 11.5 Å². The van der Waals surface area contributed by atoms with Crippen molar-refractivity contribution in [3.05, 3.63) is 23.8 Å². The van der Waals surface area contributed by atoms with Gasteiger partial charge in [-0.2, -0.15) is 0 Å². The van der Waals surface area contributed by atoms with Crippen LogP contribution in [0.4, 0.5) is 0 Å². The smallest absolute Gasteiger partial charge is 0.306 e. The third-order valence-electron chi connectivity index (χ3n) is 3.04. The van der Waals surface area contributed by atoms with Crippen LogP contribution in [0.3, 0.4) is 0 Å². The fourth-order valence-electron chi connectivity index (χ4n) is 1.79. The molecule has 1 aliphatic rings. The van der Waals surface area contributed by atoms with Crippen molar-refractivity contribution >= 4 is 5.97 Å². The molecule has 98 valence electrons. The SMILES string of the molecule is COc1cccc(CC(C)C(=O)O)c1OC1CC1. The summed E-state index contributed by atoms with van der Waals surface area (Å²) >= 11 is 0. The Labute approximate surface area is 107 Å². The molecule has 0 aromatic heterocycles. The Morgan fingerprint density at radius 3 is 2.78 bits per heavy atom. The maximum absolute atomic E-state index is 10.9. The predicted molar refractivity (Wildman–Crippen MR) is 67.1 cm³/mol. The average Bonchev–Trinajstić information content (AvgIpc) is 3.15. The molecule has 0 spiro atoms. The van der Waals surface area contributed by atoms with Crippen LogP contribution in [-0.2, 0) is 11.2 Å². The van der Waals surface area contributed by atoms with E-state index in [1.54, 1.807) is 14.0 Å². The summed E-state index contributed by atoms with van der Waals surface area (Å²) in [7, 11) is 1.60. The highest BCUT2D eigenvalue weighted by Crippen LogP contribution is 2.37. The number of carbonyl (C=O) groups is 1. The fourth-order valence-corrected chi connectivity index (χ4v) is 1.79. The van der Waals surface area contributed by atoms with Crippen molar-refractivity contribution in [2.75, 3.05) is 7.11 Å². The molecule has 1 aromatic rings. The van der Waals surface area contributed by atoms with Gasteiger partial charge in [-0.1, -0.05) is 19.1 Å². The van der Waals surface area contributed by atoms with Crippen LogP contribution in [0.1, 0.15) is 25.3 Å². The van der Waals surface area contributed by atoms with E-state index in [4.69, 9.17) is 14.6 Å². The lowest BCUT2D eigenvalue weighted by Crippen LogP contribution is -2.13. The van der Waals surface area contributed by atoms with Crippen molar-refractivity contribution in [3.8, 4) is 11.5 Å². The quantitative estimate of drug-likeness (QED) is 0.842. The molecule has 0 saturated heterocycles. The van der Waals surface area contributed by atoms with E-state index in [0.717, 1.165) is 18.4 Å². The second kappa shape index (κ2) is 5.29. The van der Waals surface area contributed by atoms with E-state index in [9.17, 15) is 4.79 Å². The number of rotatable bonds is 6. The predicted octanol–water partition coefficient (Wildman–Crippen LogP) is 2.50. The van der Waals surface area contributed by atoms with Crippen LogP contribution < -0.4 is 9.47 Å². The van der Waals surface area contributed by atoms with Gasteiger partial charge in [-0.15, -0.1) is 0 Å². The molecule has 1 saturated carbocycles. The highest BCUT2D eigenvalue weighted by atomic mass is 16.5. The summed E-state index contributed by atoms with van der Waals surface area (Å²) in [5.41, 5.74) is 0.899. The summed E-state index contributed by atoms with van der Waals surface area (Å²) in [6.45, 7) is 1.70. The van der Waals surface area contributed by atoms with Gasteiger partial charge in [-0.3, -0.25) is 4.79 Å². The molecule has 1 fully saturated rings. The molecule has 0 radical (unpaired) electrons. The molecule has 0 aliphatic heterocycles. The largest absolute Gasteiger partial charge is 0.493 e. The van der Waals surface area contributed by atoms with Crippen LogP contribution >= 0.6 is 0 Å². The summed E-state index contributed by atoms with van der Waals surface area (Å²) in [6, 6.07) is 5.61. The average molecular weight is 250 g/mol. The third-order valence-corrected chi connectivity index (χ3v) is 3.04. The van der Waals surface area contributed by atoms with Gasteiger partial charge in [0.1, 0.15) is 0 Å². The Hall–Kier alpha value is -1.71. The van der Waals surface area contributed by atoms with E-state index in [-0.39, 0.29) is 6.10 Å². The van der Waals surface area contributed by atoms with Gasteiger partial charge in [0.25, 0.3) is 0 Å². The first-order valence-electron chi connectivity index (χ1n) is 6.17. The van der Waals surface area contributed by atoms with E-state index in [0.29, 0.717) is 17.9 Å². The lowest BCUT2D eigenvalue weighted by Gasteiger charge is -2.16. The standard InChI is InChI=1S/C14H18O4/c1-9(14(15)16)8-10-4-3-5-12(17-2)13(10)18-11-6-7-11/h3-5,9,11H,6-8H2,1-2H3,(H,15,16). The summed E-state index contributed by atoms with van der Waals surface area (Å²) in [5.74, 6) is 0.154. The Kier molecular flexibility index (Phi) is 3.75. The molecule has 1 unspecified atom stereocenters. The zero-order valence-corrected chi connectivity index (χ0v) is 10.7. The van der Waals surface area contributed by atoms with Gasteiger partial charge in [-0.05, 0) is 30.9 Å². The number of carboxylic acids is 1. The van der Waals surface area contributed by atoms with E-state index in [1.165, 1.54) is 0 Å². The molecule has 2 rings (SSSR count). The van der Waals surface area contributed by atoms with E-state index >= 15 is 0 Å². The lowest BCUT2D eigenvalue weighted by atomic mass is 10.00. The molecule has 1 N–H and O–H groups in total. The normalized spacial score (nSPS) is 16.1. The minimum absolute atomic E-state index is 0.264. The van der Waals surface area contributed by atoms with Crippen molar-refractivity contribution in [1.29, 1.82) is 0 Å². The van der Waals surface area contributed by atoms with Crippen LogP contribution in [0, 0.1) is 5.92 Å². The number of methoxy groups -OCH3 is 1. The van der Waals surface area contributed by atoms with Crippen molar-refractivity contribution in [3.63, 3.8) is 0 Å². The number of hydrogen-bond donors (Lipinski definition) is 1. The molecule has 18 heavy (non-hydrogen) atoms. The van der Waals surface area contributed by atoms with Crippen LogP contribution in [0.2, 0.25) is 0 Å². The zero-order chi connectivity index (χ0) is 13.1. The van der Waals surface area contributed by atoms with E-state index < -0.39 is 11.9 Å². The maximum atomic E-state index is 10.9. The Morgan fingerprint density at radius 1 is 1.50 bits per heavy atom. The zero-order valence-electron chi connectivity index (χ0n) is 10.7. The molecule has 1 aromatic carbocycles. The number of carboxylic acid groups (broad SMARTS) is 1. The first kappa shape index (κ1) is 12.7.